The van der Waals surface area contributed by atoms with Gasteiger partial charge in [0, 0.05) is 5.69 Å². The van der Waals surface area contributed by atoms with E-state index in [2.05, 4.69) is 21.1 Å². The number of nitrogens with two attached hydrogens (primary N) is 1. The van der Waals surface area contributed by atoms with Crippen molar-refractivity contribution in [1.82, 2.24) is 19.7 Å². The number of aryl methyl sites for hydroxylation is 2. The lowest BCUT2D eigenvalue weighted by Crippen LogP contribution is -2.01. The summed E-state index contributed by atoms with van der Waals surface area (Å²) in [4.78, 5) is 8.42. The molecule has 76 valence electrons. The fourth-order valence-corrected chi connectivity index (χ4v) is 1.92. The SMILES string of the molecule is Nc1ncn(-c2ccc3c(n2)CCC3)n1. The number of fused-ring (bicyclic) bond motifs is 1. The Kier molecular flexibility index (Phi) is 1.71. The van der Waals surface area contributed by atoms with Crippen molar-refractivity contribution in [2.75, 3.05) is 5.73 Å². The minimum atomic E-state index is 0.275. The molecule has 0 aromatic carbocycles. The molecule has 2 aromatic heterocycles. The number of anilines is 1. The molecule has 0 bridgehead atoms. The molecule has 0 atom stereocenters. The molecular weight excluding hydrogens is 190 g/mol. The Morgan fingerprint density at radius 3 is 3.00 bits per heavy atom. The lowest BCUT2D eigenvalue weighted by atomic mass is 10.2. The summed E-state index contributed by atoms with van der Waals surface area (Å²) in [5.74, 6) is 1.07. The van der Waals surface area contributed by atoms with Crippen molar-refractivity contribution < 1.29 is 0 Å². The summed E-state index contributed by atoms with van der Waals surface area (Å²) in [6.07, 6.45) is 4.99. The van der Waals surface area contributed by atoms with Crippen LogP contribution in [-0.4, -0.2) is 19.7 Å². The molecule has 2 aromatic rings. The van der Waals surface area contributed by atoms with E-state index in [0.717, 1.165) is 18.7 Å². The van der Waals surface area contributed by atoms with Crippen molar-refractivity contribution in [3.63, 3.8) is 0 Å². The number of nitrogen functional groups attached to an aromatic ring is 1. The average molecular weight is 201 g/mol. The minimum Gasteiger partial charge on any atom is -0.366 e. The van der Waals surface area contributed by atoms with Gasteiger partial charge in [0.2, 0.25) is 5.95 Å². The Bertz CT molecular complexity index is 502. The molecule has 0 unspecified atom stereocenters. The van der Waals surface area contributed by atoms with E-state index in [1.54, 1.807) is 11.0 Å². The highest BCUT2D eigenvalue weighted by atomic mass is 15.4. The van der Waals surface area contributed by atoms with Gasteiger partial charge in [0.25, 0.3) is 0 Å². The summed E-state index contributed by atoms with van der Waals surface area (Å²) in [5.41, 5.74) is 7.99. The van der Waals surface area contributed by atoms with E-state index >= 15 is 0 Å². The summed E-state index contributed by atoms with van der Waals surface area (Å²) in [6.45, 7) is 0. The monoisotopic (exact) mass is 201 g/mol. The number of hydrogen-bond acceptors (Lipinski definition) is 4. The predicted octanol–water partition coefficient (Wildman–Crippen LogP) is 0.733. The average Bonchev–Trinajstić information content (AvgIpc) is 2.84. The molecule has 2 heterocycles. The van der Waals surface area contributed by atoms with Crippen LogP contribution in [-0.2, 0) is 12.8 Å². The van der Waals surface area contributed by atoms with Gasteiger partial charge in [-0.2, -0.15) is 0 Å². The van der Waals surface area contributed by atoms with Gasteiger partial charge in [0.15, 0.2) is 5.82 Å². The third kappa shape index (κ3) is 1.36. The molecule has 0 amide bonds. The highest BCUT2D eigenvalue weighted by Crippen LogP contribution is 2.20. The smallest absolute Gasteiger partial charge is 0.239 e. The van der Waals surface area contributed by atoms with Crippen LogP contribution in [0.15, 0.2) is 18.5 Å². The van der Waals surface area contributed by atoms with Gasteiger partial charge in [-0.25, -0.2) is 14.6 Å². The Balaban J connectivity index is 2.06. The van der Waals surface area contributed by atoms with Crippen molar-refractivity contribution >= 4 is 5.95 Å². The molecule has 1 aliphatic rings. The predicted molar refractivity (Wildman–Crippen MR) is 55.6 cm³/mol. The first-order chi connectivity index (χ1) is 7.33. The van der Waals surface area contributed by atoms with Crippen LogP contribution in [0.5, 0.6) is 0 Å². The summed E-state index contributed by atoms with van der Waals surface area (Å²) < 4.78 is 1.61. The Hall–Kier alpha value is -1.91. The maximum absolute atomic E-state index is 5.46. The molecule has 5 nitrogen and oxygen atoms in total. The third-order valence-electron chi connectivity index (χ3n) is 2.66. The van der Waals surface area contributed by atoms with Crippen molar-refractivity contribution in [2.24, 2.45) is 0 Å². The van der Waals surface area contributed by atoms with Crippen molar-refractivity contribution in [1.29, 1.82) is 0 Å². The Morgan fingerprint density at radius 1 is 1.27 bits per heavy atom. The van der Waals surface area contributed by atoms with Crippen LogP contribution in [0.25, 0.3) is 5.82 Å². The molecule has 0 aliphatic heterocycles. The maximum Gasteiger partial charge on any atom is 0.239 e. The largest absolute Gasteiger partial charge is 0.366 e. The number of hydrogen-bond donors (Lipinski definition) is 1. The second-order valence-electron chi connectivity index (χ2n) is 3.68. The first-order valence-corrected chi connectivity index (χ1v) is 4.99. The topological polar surface area (TPSA) is 69.6 Å². The zero-order chi connectivity index (χ0) is 10.3. The lowest BCUT2D eigenvalue weighted by molar-refractivity contribution is 0.832. The van der Waals surface area contributed by atoms with Gasteiger partial charge < -0.3 is 5.73 Å². The van der Waals surface area contributed by atoms with Gasteiger partial charge in [-0.3, -0.25) is 0 Å². The van der Waals surface area contributed by atoms with Crippen molar-refractivity contribution in [2.45, 2.75) is 19.3 Å². The molecule has 3 rings (SSSR count). The molecule has 5 heteroatoms. The molecule has 0 spiro atoms. The second-order valence-corrected chi connectivity index (χ2v) is 3.68. The van der Waals surface area contributed by atoms with Crippen LogP contribution < -0.4 is 5.73 Å². The standard InChI is InChI=1S/C10H11N5/c11-10-12-6-15(14-10)9-5-4-7-2-1-3-8(7)13-9/h4-6H,1-3H2,(H2,11,14). The fourth-order valence-electron chi connectivity index (χ4n) is 1.92. The molecule has 2 N–H and O–H groups in total. The summed E-state index contributed by atoms with van der Waals surface area (Å²) >= 11 is 0. The minimum absolute atomic E-state index is 0.275. The number of nitrogens with zero attached hydrogens (tertiary/aromatic N) is 4. The molecule has 1 aliphatic carbocycles. The second kappa shape index (κ2) is 3.05. The van der Waals surface area contributed by atoms with Crippen molar-refractivity contribution in [3.05, 3.63) is 29.7 Å². The van der Waals surface area contributed by atoms with E-state index in [1.165, 1.54) is 17.7 Å². The molecule has 0 radical (unpaired) electrons. The first-order valence-electron chi connectivity index (χ1n) is 4.99. The highest BCUT2D eigenvalue weighted by molar-refractivity contribution is 5.33. The van der Waals surface area contributed by atoms with Crippen molar-refractivity contribution in [3.8, 4) is 5.82 Å². The zero-order valence-electron chi connectivity index (χ0n) is 8.22. The van der Waals surface area contributed by atoms with Gasteiger partial charge in [0.1, 0.15) is 6.33 Å². The summed E-state index contributed by atoms with van der Waals surface area (Å²) in [7, 11) is 0. The van der Waals surface area contributed by atoms with Gasteiger partial charge >= 0.3 is 0 Å². The van der Waals surface area contributed by atoms with E-state index in [1.807, 2.05) is 6.07 Å². The molecule has 0 saturated carbocycles. The Labute approximate surface area is 87.0 Å². The molecule has 0 fully saturated rings. The summed E-state index contributed by atoms with van der Waals surface area (Å²) in [5, 5.41) is 4.03. The van der Waals surface area contributed by atoms with Gasteiger partial charge in [0.05, 0.1) is 0 Å². The summed E-state index contributed by atoms with van der Waals surface area (Å²) in [6, 6.07) is 4.07. The van der Waals surface area contributed by atoms with Crippen LogP contribution in [0, 0.1) is 0 Å². The fraction of sp³-hybridized carbons (Fsp3) is 0.300. The van der Waals surface area contributed by atoms with E-state index in [4.69, 9.17) is 5.73 Å². The van der Waals surface area contributed by atoms with Crippen LogP contribution >= 0.6 is 0 Å². The quantitative estimate of drug-likeness (QED) is 0.738. The van der Waals surface area contributed by atoms with E-state index in [0.29, 0.717) is 0 Å². The van der Waals surface area contributed by atoms with E-state index in [-0.39, 0.29) is 5.95 Å². The molecular formula is C10H11N5. The maximum atomic E-state index is 5.46. The molecule has 15 heavy (non-hydrogen) atoms. The van der Waals surface area contributed by atoms with Crippen LogP contribution in [0.4, 0.5) is 5.95 Å². The lowest BCUT2D eigenvalue weighted by Gasteiger charge is -2.02. The van der Waals surface area contributed by atoms with E-state index < -0.39 is 0 Å². The Morgan fingerprint density at radius 2 is 2.20 bits per heavy atom. The highest BCUT2D eigenvalue weighted by Gasteiger charge is 2.13. The van der Waals surface area contributed by atoms with Crippen LogP contribution in [0.3, 0.4) is 0 Å². The van der Waals surface area contributed by atoms with E-state index in [9.17, 15) is 0 Å². The van der Waals surface area contributed by atoms with Crippen LogP contribution in [0.1, 0.15) is 17.7 Å². The van der Waals surface area contributed by atoms with Gasteiger partial charge in [-0.15, -0.1) is 5.10 Å². The normalized spacial score (nSPS) is 14.1. The van der Waals surface area contributed by atoms with Crippen LogP contribution in [0.2, 0.25) is 0 Å². The number of rotatable bonds is 1. The van der Waals surface area contributed by atoms with Gasteiger partial charge in [-0.05, 0) is 30.9 Å². The molecule has 0 saturated heterocycles. The zero-order valence-corrected chi connectivity index (χ0v) is 8.22. The number of pyridine rings is 1. The first kappa shape index (κ1) is 8.40. The third-order valence-corrected chi connectivity index (χ3v) is 2.66. The van der Waals surface area contributed by atoms with Gasteiger partial charge in [-0.1, -0.05) is 6.07 Å². The number of aromatic nitrogens is 4.